The van der Waals surface area contributed by atoms with Crippen LogP contribution in [0.1, 0.15) is 105 Å². The maximum absolute atomic E-state index is 15.2. The minimum Gasteiger partial charge on any atom is -0.313 e. The Morgan fingerprint density at radius 3 is 2.10 bits per heavy atom. The molecular weight excluding hydrogens is 515 g/mol. The van der Waals surface area contributed by atoms with Crippen LogP contribution in [0.15, 0.2) is 72.3 Å². The monoisotopic (exact) mass is 570 g/mol. The van der Waals surface area contributed by atoms with Crippen LogP contribution in [0.2, 0.25) is 0 Å². The number of hydrogen-bond donors (Lipinski definition) is 0. The van der Waals surface area contributed by atoms with Crippen molar-refractivity contribution in [3.8, 4) is 0 Å². The fourth-order valence-corrected chi connectivity index (χ4v) is 14.2. The number of allylic oxidation sites excluding steroid dienone is 2. The van der Waals surface area contributed by atoms with Gasteiger partial charge in [0.25, 0.3) is 0 Å². The molecule has 2 aromatic carbocycles. The smallest absolute Gasteiger partial charge is 0.146 e. The number of benzene rings is 2. The SMILES string of the molecule is CC(C)CCC[C@@H](C)[C@H]1CC[C@H]2[C@@H]3CC=C4C[C@@H](P(=O)(c5ccccc5)c5ccccc5)CC[C@]4(C)[C@H]3CC[C@]12C. The molecule has 0 radical (unpaired) electrons. The summed E-state index contributed by atoms with van der Waals surface area (Å²) in [5, 5.41) is 2.09. The number of rotatable bonds is 8. The highest BCUT2D eigenvalue weighted by molar-refractivity contribution is 7.79. The minimum absolute atomic E-state index is 0.208. The van der Waals surface area contributed by atoms with E-state index in [4.69, 9.17) is 0 Å². The van der Waals surface area contributed by atoms with Gasteiger partial charge in [-0.3, -0.25) is 0 Å². The van der Waals surface area contributed by atoms with Crippen molar-refractivity contribution in [3.05, 3.63) is 72.3 Å². The summed E-state index contributed by atoms with van der Waals surface area (Å²) in [5.74, 6) is 5.17. The van der Waals surface area contributed by atoms with E-state index in [1.54, 1.807) is 5.57 Å². The Balaban J connectivity index is 1.24. The van der Waals surface area contributed by atoms with Crippen molar-refractivity contribution in [2.45, 2.75) is 111 Å². The quantitative estimate of drug-likeness (QED) is 0.228. The van der Waals surface area contributed by atoms with Crippen molar-refractivity contribution in [1.29, 1.82) is 0 Å². The molecule has 1 nitrogen and oxygen atoms in total. The van der Waals surface area contributed by atoms with E-state index in [2.05, 4.69) is 101 Å². The van der Waals surface area contributed by atoms with Crippen molar-refractivity contribution in [2.75, 3.05) is 0 Å². The van der Waals surface area contributed by atoms with Crippen LogP contribution in [-0.2, 0) is 4.57 Å². The fraction of sp³-hybridized carbons (Fsp3) is 0.641. The molecule has 4 aliphatic rings. The van der Waals surface area contributed by atoms with Gasteiger partial charge >= 0.3 is 0 Å². The van der Waals surface area contributed by atoms with Crippen LogP contribution in [-0.4, -0.2) is 5.66 Å². The van der Waals surface area contributed by atoms with Gasteiger partial charge in [-0.05, 0) is 97.7 Å². The van der Waals surface area contributed by atoms with Crippen LogP contribution >= 0.6 is 7.14 Å². The maximum Gasteiger partial charge on any atom is 0.146 e. The second-order valence-corrected chi connectivity index (χ2v) is 18.6. The van der Waals surface area contributed by atoms with E-state index in [1.165, 1.54) is 57.8 Å². The van der Waals surface area contributed by atoms with Crippen molar-refractivity contribution in [2.24, 2.45) is 46.3 Å². The first kappa shape index (κ1) is 29.5. The lowest BCUT2D eigenvalue weighted by Gasteiger charge is -2.59. The first-order valence-electron chi connectivity index (χ1n) is 17.1. The van der Waals surface area contributed by atoms with E-state index in [0.717, 1.165) is 59.0 Å². The zero-order chi connectivity index (χ0) is 28.8. The molecule has 0 aromatic heterocycles. The first-order valence-corrected chi connectivity index (χ1v) is 18.9. The maximum atomic E-state index is 15.2. The van der Waals surface area contributed by atoms with Crippen LogP contribution in [0.25, 0.3) is 0 Å². The van der Waals surface area contributed by atoms with Gasteiger partial charge in [-0.25, -0.2) is 0 Å². The number of fused-ring (bicyclic) bond motifs is 5. The van der Waals surface area contributed by atoms with Gasteiger partial charge in [0.15, 0.2) is 0 Å². The molecule has 0 aliphatic heterocycles. The Bertz CT molecular complexity index is 1220. The lowest BCUT2D eigenvalue weighted by molar-refractivity contribution is -0.0498. The summed E-state index contributed by atoms with van der Waals surface area (Å²) in [7, 11) is -2.73. The summed E-state index contributed by atoms with van der Waals surface area (Å²) in [6, 6.07) is 20.9. The minimum atomic E-state index is -2.73. The Morgan fingerprint density at radius 2 is 1.46 bits per heavy atom. The van der Waals surface area contributed by atoms with E-state index in [9.17, 15) is 0 Å². The van der Waals surface area contributed by atoms with Crippen LogP contribution in [0.5, 0.6) is 0 Å². The first-order chi connectivity index (χ1) is 19.7. The van der Waals surface area contributed by atoms with Crippen LogP contribution in [0.3, 0.4) is 0 Å². The topological polar surface area (TPSA) is 17.1 Å². The largest absolute Gasteiger partial charge is 0.313 e. The molecule has 4 aliphatic carbocycles. The molecule has 8 atom stereocenters. The predicted octanol–water partition coefficient (Wildman–Crippen LogP) is 10.4. The average molecular weight is 571 g/mol. The lowest BCUT2D eigenvalue weighted by atomic mass is 9.47. The average Bonchev–Trinajstić information content (AvgIpc) is 3.34. The molecule has 0 spiro atoms. The van der Waals surface area contributed by atoms with Gasteiger partial charge in [0, 0.05) is 16.3 Å². The zero-order valence-corrected chi connectivity index (χ0v) is 27.4. The Kier molecular flexibility index (Phi) is 8.26. The molecule has 0 bridgehead atoms. The second kappa shape index (κ2) is 11.5. The summed E-state index contributed by atoms with van der Waals surface area (Å²) >= 11 is 0. The number of hydrogen-bond acceptors (Lipinski definition) is 1. The molecule has 0 heterocycles. The highest BCUT2D eigenvalue weighted by Crippen LogP contribution is 2.69. The Hall–Kier alpha value is -1.59. The summed E-state index contributed by atoms with van der Waals surface area (Å²) in [6.45, 7) is 12.7. The molecule has 3 saturated carbocycles. The highest BCUT2D eigenvalue weighted by atomic mass is 31.2. The molecule has 41 heavy (non-hydrogen) atoms. The molecule has 0 saturated heterocycles. The second-order valence-electron chi connectivity index (χ2n) is 15.5. The van der Waals surface area contributed by atoms with Gasteiger partial charge in [0.1, 0.15) is 7.14 Å². The van der Waals surface area contributed by atoms with Gasteiger partial charge < -0.3 is 4.57 Å². The Labute approximate surface area is 251 Å². The zero-order valence-electron chi connectivity index (χ0n) is 26.5. The van der Waals surface area contributed by atoms with Crippen LogP contribution in [0.4, 0.5) is 0 Å². The third kappa shape index (κ3) is 5.05. The van der Waals surface area contributed by atoms with Crippen molar-refractivity contribution >= 4 is 17.8 Å². The fourth-order valence-electron chi connectivity index (χ4n) is 10.8. The van der Waals surface area contributed by atoms with Gasteiger partial charge in [-0.2, -0.15) is 0 Å². The lowest BCUT2D eigenvalue weighted by Crippen LogP contribution is -2.51. The van der Waals surface area contributed by atoms with E-state index in [0.29, 0.717) is 10.8 Å². The van der Waals surface area contributed by atoms with Crippen molar-refractivity contribution in [1.82, 2.24) is 0 Å². The third-order valence-electron chi connectivity index (χ3n) is 13.1. The summed E-state index contributed by atoms with van der Waals surface area (Å²) in [6.07, 6.45) is 17.2. The molecule has 0 amide bonds. The standard InChI is InChI=1S/C39H55OP/c1-28(2)13-12-14-29(3)35-21-22-36-34-20-19-30-27-33(23-25-38(30,4)37(34)24-26-39(35,36)5)41(40,31-15-8-6-9-16-31)32-17-10-7-11-18-32/h6-11,15-19,28-29,33-37H,12-14,20-27H2,1-5H3/t29-,33+,34+,35-,36+,37+,38+,39-/m1/s1. The normalized spacial score (nSPS) is 35.8. The molecular formula is C39H55OP. The summed E-state index contributed by atoms with van der Waals surface area (Å²) < 4.78 is 15.2. The van der Waals surface area contributed by atoms with E-state index in [1.807, 2.05) is 0 Å². The molecule has 222 valence electrons. The van der Waals surface area contributed by atoms with E-state index in [-0.39, 0.29) is 5.66 Å². The van der Waals surface area contributed by atoms with Gasteiger partial charge in [-0.15, -0.1) is 0 Å². The molecule has 2 heteroatoms. The van der Waals surface area contributed by atoms with E-state index < -0.39 is 7.14 Å². The summed E-state index contributed by atoms with van der Waals surface area (Å²) in [4.78, 5) is 0. The van der Waals surface area contributed by atoms with Crippen molar-refractivity contribution in [3.63, 3.8) is 0 Å². The van der Waals surface area contributed by atoms with Crippen LogP contribution in [0, 0.1) is 46.3 Å². The van der Waals surface area contributed by atoms with Gasteiger partial charge in [0.2, 0.25) is 0 Å². The van der Waals surface area contributed by atoms with E-state index >= 15 is 4.57 Å². The Morgan fingerprint density at radius 1 is 0.805 bits per heavy atom. The molecule has 0 N–H and O–H groups in total. The molecule has 2 aromatic rings. The molecule has 0 unspecified atom stereocenters. The molecule has 3 fully saturated rings. The van der Waals surface area contributed by atoms with Gasteiger partial charge in [0.05, 0.1) is 0 Å². The highest BCUT2D eigenvalue weighted by Gasteiger charge is 2.59. The van der Waals surface area contributed by atoms with Crippen LogP contribution < -0.4 is 10.6 Å². The predicted molar refractivity (Wildman–Crippen MR) is 177 cm³/mol. The third-order valence-corrected chi connectivity index (χ3v) is 16.7. The molecule has 6 rings (SSSR count). The van der Waals surface area contributed by atoms with Crippen molar-refractivity contribution < 1.29 is 4.57 Å². The van der Waals surface area contributed by atoms with Gasteiger partial charge in [-0.1, -0.05) is 126 Å². The summed E-state index contributed by atoms with van der Waals surface area (Å²) in [5.41, 5.74) is 2.69.